The number of anilines is 1. The highest BCUT2D eigenvalue weighted by Crippen LogP contribution is 2.25. The molecule has 0 bridgehead atoms. The number of nitrogens with one attached hydrogen (secondary N) is 1. The Morgan fingerprint density at radius 3 is 2.74 bits per heavy atom. The Balaban J connectivity index is 2.82. The minimum Gasteiger partial charge on any atom is -0.495 e. The van der Waals surface area contributed by atoms with Crippen LogP contribution in [0.25, 0.3) is 5.69 Å². The van der Waals surface area contributed by atoms with Crippen molar-refractivity contribution >= 4 is 11.8 Å². The number of aryl methyl sites for hydroxylation is 1. The van der Waals surface area contributed by atoms with Gasteiger partial charge in [-0.1, -0.05) is 6.07 Å². The highest BCUT2D eigenvalue weighted by atomic mass is 16.5. The number of carboxylic acids is 1. The summed E-state index contributed by atoms with van der Waals surface area (Å²) in [6.45, 7) is 1.82. The van der Waals surface area contributed by atoms with Gasteiger partial charge in [-0.3, -0.25) is 4.98 Å². The number of carbonyl (C=O) groups is 1. The number of hydrogen-bond donors (Lipinski definition) is 3. The summed E-state index contributed by atoms with van der Waals surface area (Å²) in [5.74, 6) is -1.10. The Kier molecular flexibility index (Phi) is 3.04. The van der Waals surface area contributed by atoms with Gasteiger partial charge in [-0.25, -0.2) is 14.2 Å². The van der Waals surface area contributed by atoms with E-state index in [0.29, 0.717) is 11.4 Å². The van der Waals surface area contributed by atoms with Gasteiger partial charge in [-0.05, 0) is 24.6 Å². The molecule has 100 valence electrons. The maximum Gasteiger partial charge on any atom is 0.356 e. The number of imidazole rings is 1. The van der Waals surface area contributed by atoms with Crippen molar-refractivity contribution in [1.29, 1.82) is 0 Å². The Labute approximate surface area is 108 Å². The summed E-state index contributed by atoms with van der Waals surface area (Å²) in [5.41, 5.74) is 5.77. The molecule has 0 fully saturated rings. The van der Waals surface area contributed by atoms with Crippen LogP contribution in [-0.4, -0.2) is 27.7 Å². The number of nitrogen functional groups attached to an aromatic ring is 1. The van der Waals surface area contributed by atoms with E-state index in [1.165, 1.54) is 7.11 Å². The molecule has 19 heavy (non-hydrogen) atoms. The lowest BCUT2D eigenvalue weighted by Gasteiger charge is -2.11. The van der Waals surface area contributed by atoms with Gasteiger partial charge in [0.15, 0.2) is 5.69 Å². The van der Waals surface area contributed by atoms with Gasteiger partial charge in [-0.2, -0.15) is 0 Å². The molecule has 0 aliphatic carbocycles. The lowest BCUT2D eigenvalue weighted by atomic mass is 10.2. The molecule has 0 spiro atoms. The zero-order valence-electron chi connectivity index (χ0n) is 10.4. The van der Waals surface area contributed by atoms with Crippen LogP contribution in [0.5, 0.6) is 5.75 Å². The van der Waals surface area contributed by atoms with Crippen LogP contribution in [0.1, 0.15) is 16.1 Å². The number of hydrogen-bond acceptors (Lipinski definition) is 4. The maximum atomic E-state index is 11.9. The van der Waals surface area contributed by atoms with E-state index >= 15 is 0 Å². The number of aromatic carboxylic acids is 1. The van der Waals surface area contributed by atoms with E-state index in [0.717, 1.165) is 10.1 Å². The lowest BCUT2D eigenvalue weighted by molar-refractivity contribution is 0.0689. The van der Waals surface area contributed by atoms with Crippen molar-refractivity contribution in [1.82, 2.24) is 9.55 Å². The molecular formula is C12H13N3O4. The Bertz CT molecular complexity index is 699. The number of ether oxygens (including phenoxy) is 1. The number of H-pyrrole nitrogens is 1. The highest BCUT2D eigenvalue weighted by molar-refractivity contribution is 5.91. The largest absolute Gasteiger partial charge is 0.495 e. The molecule has 0 atom stereocenters. The molecular weight excluding hydrogens is 250 g/mol. The molecule has 0 unspecified atom stereocenters. The van der Waals surface area contributed by atoms with E-state index in [1.54, 1.807) is 18.2 Å². The van der Waals surface area contributed by atoms with Crippen molar-refractivity contribution in [2.24, 2.45) is 0 Å². The molecule has 0 aliphatic heterocycles. The molecule has 1 heterocycles. The zero-order valence-corrected chi connectivity index (χ0v) is 10.4. The van der Waals surface area contributed by atoms with Crippen molar-refractivity contribution in [2.45, 2.75) is 6.92 Å². The molecule has 7 heteroatoms. The van der Waals surface area contributed by atoms with Crippen molar-refractivity contribution < 1.29 is 14.6 Å². The number of methoxy groups -OCH3 is 1. The van der Waals surface area contributed by atoms with E-state index in [4.69, 9.17) is 15.6 Å². The van der Waals surface area contributed by atoms with Crippen LogP contribution in [0.2, 0.25) is 0 Å². The standard InChI is InChI=1S/C12H13N3O4/c1-6-3-4-8(19-2)7(5-6)15-9(11(16)17)10(13)14-12(15)18/h3-5H,13H2,1-2H3,(H,14,18)(H,16,17). The van der Waals surface area contributed by atoms with Crippen LogP contribution >= 0.6 is 0 Å². The van der Waals surface area contributed by atoms with Crippen LogP contribution in [0, 0.1) is 6.92 Å². The Morgan fingerprint density at radius 1 is 1.47 bits per heavy atom. The summed E-state index contributed by atoms with van der Waals surface area (Å²) in [7, 11) is 1.44. The van der Waals surface area contributed by atoms with E-state index in [2.05, 4.69) is 4.98 Å². The first-order valence-electron chi connectivity index (χ1n) is 5.44. The van der Waals surface area contributed by atoms with Crippen molar-refractivity contribution in [2.75, 3.05) is 12.8 Å². The SMILES string of the molecule is COc1ccc(C)cc1-n1c(C(=O)O)c(N)[nH]c1=O. The molecule has 0 aliphatic rings. The predicted octanol–water partition coefficient (Wildman–Crippen LogP) is 0.763. The molecule has 4 N–H and O–H groups in total. The van der Waals surface area contributed by atoms with Crippen LogP contribution in [-0.2, 0) is 0 Å². The molecule has 0 saturated heterocycles. The number of benzene rings is 1. The Hall–Kier alpha value is -2.70. The lowest BCUT2D eigenvalue weighted by Crippen LogP contribution is -2.20. The van der Waals surface area contributed by atoms with Crippen molar-refractivity contribution in [3.8, 4) is 11.4 Å². The summed E-state index contributed by atoms with van der Waals surface area (Å²) >= 11 is 0. The van der Waals surface area contributed by atoms with Crippen molar-refractivity contribution in [3.63, 3.8) is 0 Å². The first kappa shape index (κ1) is 12.7. The van der Waals surface area contributed by atoms with Crippen LogP contribution in [0.3, 0.4) is 0 Å². The van der Waals surface area contributed by atoms with E-state index in [1.807, 2.05) is 6.92 Å². The molecule has 7 nitrogen and oxygen atoms in total. The maximum absolute atomic E-state index is 11.9. The molecule has 1 aromatic carbocycles. The second-order valence-corrected chi connectivity index (χ2v) is 4.01. The molecule has 0 amide bonds. The minimum atomic E-state index is -1.29. The number of rotatable bonds is 3. The predicted molar refractivity (Wildman–Crippen MR) is 69.1 cm³/mol. The summed E-state index contributed by atoms with van der Waals surface area (Å²) in [4.78, 5) is 25.3. The normalized spacial score (nSPS) is 10.4. The summed E-state index contributed by atoms with van der Waals surface area (Å²) in [5, 5.41) is 9.15. The number of aromatic nitrogens is 2. The van der Waals surface area contributed by atoms with Gasteiger partial charge < -0.3 is 15.6 Å². The van der Waals surface area contributed by atoms with Gasteiger partial charge in [0, 0.05) is 0 Å². The number of aromatic amines is 1. The molecule has 2 rings (SSSR count). The molecule has 2 aromatic rings. The number of carboxylic acid groups (broad SMARTS) is 1. The van der Waals surface area contributed by atoms with Crippen LogP contribution in [0.15, 0.2) is 23.0 Å². The van der Waals surface area contributed by atoms with Gasteiger partial charge in [0.1, 0.15) is 11.6 Å². The third kappa shape index (κ3) is 2.05. The van der Waals surface area contributed by atoms with Crippen molar-refractivity contribution in [3.05, 3.63) is 39.9 Å². The van der Waals surface area contributed by atoms with Crippen LogP contribution in [0.4, 0.5) is 5.82 Å². The van der Waals surface area contributed by atoms with Gasteiger partial charge in [-0.15, -0.1) is 0 Å². The van der Waals surface area contributed by atoms with Gasteiger partial charge in [0.25, 0.3) is 0 Å². The minimum absolute atomic E-state index is 0.193. The third-order valence-electron chi connectivity index (χ3n) is 2.70. The highest BCUT2D eigenvalue weighted by Gasteiger charge is 2.21. The fourth-order valence-corrected chi connectivity index (χ4v) is 1.87. The van der Waals surface area contributed by atoms with Gasteiger partial charge in [0.2, 0.25) is 0 Å². The second-order valence-electron chi connectivity index (χ2n) is 4.01. The van der Waals surface area contributed by atoms with Gasteiger partial charge >= 0.3 is 11.7 Å². The Morgan fingerprint density at radius 2 is 2.16 bits per heavy atom. The smallest absolute Gasteiger partial charge is 0.356 e. The average Bonchev–Trinajstić information content (AvgIpc) is 2.64. The summed E-state index contributed by atoms with van der Waals surface area (Å²) < 4.78 is 6.14. The van der Waals surface area contributed by atoms with Crippen LogP contribution < -0.4 is 16.2 Å². The van der Waals surface area contributed by atoms with E-state index < -0.39 is 11.7 Å². The monoisotopic (exact) mass is 263 g/mol. The molecule has 0 saturated carbocycles. The average molecular weight is 263 g/mol. The summed E-state index contributed by atoms with van der Waals surface area (Å²) in [6, 6.07) is 5.11. The second kappa shape index (κ2) is 4.52. The summed E-state index contributed by atoms with van der Waals surface area (Å²) in [6.07, 6.45) is 0. The quantitative estimate of drug-likeness (QED) is 0.757. The zero-order chi connectivity index (χ0) is 14.2. The topological polar surface area (TPSA) is 110 Å². The fourth-order valence-electron chi connectivity index (χ4n) is 1.87. The third-order valence-corrected chi connectivity index (χ3v) is 2.70. The first-order chi connectivity index (χ1) is 8.95. The number of nitrogens with zero attached hydrogens (tertiary/aromatic N) is 1. The molecule has 1 aromatic heterocycles. The van der Waals surface area contributed by atoms with E-state index in [-0.39, 0.29) is 11.5 Å². The fraction of sp³-hybridized carbons (Fsp3) is 0.167. The van der Waals surface area contributed by atoms with E-state index in [9.17, 15) is 9.59 Å². The van der Waals surface area contributed by atoms with Gasteiger partial charge in [0.05, 0.1) is 12.8 Å². The first-order valence-corrected chi connectivity index (χ1v) is 5.44. The molecule has 0 radical (unpaired) electrons. The number of nitrogens with two attached hydrogens (primary N) is 1.